The summed E-state index contributed by atoms with van der Waals surface area (Å²) in [5.74, 6) is -3.10. The third kappa shape index (κ3) is 7.42. The van der Waals surface area contributed by atoms with Gasteiger partial charge in [0.05, 0.1) is 25.7 Å². The van der Waals surface area contributed by atoms with Crippen LogP contribution < -0.4 is 10.6 Å². The molecular formula is C32H26F8N10. The molecule has 8 rings (SSSR count). The third-order valence-electron chi connectivity index (χ3n) is 7.84. The molecule has 6 aromatic rings. The van der Waals surface area contributed by atoms with Gasteiger partial charge in [-0.3, -0.25) is 0 Å². The van der Waals surface area contributed by atoms with Crippen LogP contribution in [-0.2, 0) is 25.4 Å². The van der Waals surface area contributed by atoms with E-state index >= 15 is 0 Å². The van der Waals surface area contributed by atoms with Gasteiger partial charge in [0, 0.05) is 17.6 Å². The molecule has 0 aliphatic heterocycles. The largest absolute Gasteiger partial charge is 0.451 e. The monoisotopic (exact) mass is 702 g/mol. The van der Waals surface area contributed by atoms with Crippen molar-refractivity contribution < 1.29 is 35.1 Å². The van der Waals surface area contributed by atoms with Crippen molar-refractivity contribution in [2.45, 2.75) is 63.2 Å². The average molecular weight is 703 g/mol. The lowest BCUT2D eigenvalue weighted by atomic mass is 10.2. The molecule has 2 aromatic carbocycles. The normalized spacial score (nSPS) is 14.9. The van der Waals surface area contributed by atoms with Crippen molar-refractivity contribution in [3.63, 3.8) is 0 Å². The maximum absolute atomic E-state index is 13.9. The van der Waals surface area contributed by atoms with Crippen molar-refractivity contribution in [2.24, 2.45) is 0 Å². The number of nitrogens with one attached hydrogen (secondary N) is 2. The Hall–Kier alpha value is -5.42. The molecule has 2 aliphatic carbocycles. The van der Waals surface area contributed by atoms with Crippen LogP contribution in [-0.4, -0.2) is 51.1 Å². The first-order valence-corrected chi connectivity index (χ1v) is 15.4. The number of imidazole rings is 2. The second-order valence-electron chi connectivity index (χ2n) is 11.9. The van der Waals surface area contributed by atoms with E-state index in [1.165, 1.54) is 40.0 Å². The smallest absolute Gasteiger partial charge is 0.365 e. The lowest BCUT2D eigenvalue weighted by molar-refractivity contribution is -0.145. The molecule has 2 saturated carbocycles. The van der Waals surface area contributed by atoms with Crippen LogP contribution in [0, 0.1) is 11.6 Å². The number of halogens is 8. The van der Waals surface area contributed by atoms with E-state index in [1.54, 1.807) is 30.3 Å². The molecule has 18 heteroatoms. The Balaban J connectivity index is 0.000000157. The first-order chi connectivity index (χ1) is 23.8. The third-order valence-corrected chi connectivity index (χ3v) is 7.84. The Morgan fingerprint density at radius 3 is 1.56 bits per heavy atom. The maximum atomic E-state index is 13.9. The van der Waals surface area contributed by atoms with Crippen molar-refractivity contribution in [2.75, 3.05) is 10.6 Å². The summed E-state index contributed by atoms with van der Waals surface area (Å²) in [6.45, 7) is 0.258. The van der Waals surface area contributed by atoms with Crippen molar-refractivity contribution in [3.8, 4) is 0 Å². The number of hydrogen-bond acceptors (Lipinski definition) is 8. The van der Waals surface area contributed by atoms with Crippen LogP contribution in [0.25, 0.3) is 22.3 Å². The molecule has 2 aliphatic rings. The summed E-state index contributed by atoms with van der Waals surface area (Å²) in [6.07, 6.45) is -3.02. The van der Waals surface area contributed by atoms with Gasteiger partial charge in [-0.05, 0) is 49.4 Å². The van der Waals surface area contributed by atoms with Gasteiger partial charge in [0.15, 0.2) is 22.9 Å². The average Bonchev–Trinajstić information content (AvgIpc) is 3.99. The quantitative estimate of drug-likeness (QED) is 0.160. The fourth-order valence-corrected chi connectivity index (χ4v) is 5.01. The highest BCUT2D eigenvalue weighted by Crippen LogP contribution is 2.34. The van der Waals surface area contributed by atoms with E-state index < -0.39 is 29.8 Å². The van der Waals surface area contributed by atoms with Crippen LogP contribution in [0.5, 0.6) is 0 Å². The molecule has 0 bridgehead atoms. The highest BCUT2D eigenvalue weighted by molar-refractivity contribution is 5.84. The molecule has 10 nitrogen and oxygen atoms in total. The second kappa shape index (κ2) is 12.8. The zero-order chi connectivity index (χ0) is 35.2. The van der Waals surface area contributed by atoms with Gasteiger partial charge in [0.2, 0.25) is 11.6 Å². The van der Waals surface area contributed by atoms with Crippen LogP contribution in [0.2, 0.25) is 0 Å². The van der Waals surface area contributed by atoms with Gasteiger partial charge >= 0.3 is 12.4 Å². The maximum Gasteiger partial charge on any atom is 0.451 e. The van der Waals surface area contributed by atoms with Crippen LogP contribution >= 0.6 is 0 Å². The Labute approximate surface area is 277 Å². The Kier molecular flexibility index (Phi) is 8.47. The standard InChI is InChI=1S/2C16H13F4N5/c17-10-3-1-9(2-4-10)7-25-8-21-12-13(22-11-5-6-11)23-15(16(18,19)20)24-14(12)25;17-11-4-2-1-3-9(11)7-25-8-21-12-13(22-10-5-6-10)23-15(16(18,19)20)24-14(12)25/h1-4,8,11H,5-7H2,(H,22,23,24);1-4,8,10H,5-7H2,(H,22,23,24). The topological polar surface area (TPSA) is 111 Å². The minimum absolute atomic E-state index is 0.0220. The van der Waals surface area contributed by atoms with Gasteiger partial charge in [0.1, 0.15) is 22.7 Å². The van der Waals surface area contributed by atoms with E-state index in [9.17, 15) is 35.1 Å². The van der Waals surface area contributed by atoms with Crippen LogP contribution in [0.15, 0.2) is 61.2 Å². The summed E-state index contributed by atoms with van der Waals surface area (Å²) in [4.78, 5) is 22.8. The minimum Gasteiger partial charge on any atom is -0.365 e. The van der Waals surface area contributed by atoms with Crippen LogP contribution in [0.3, 0.4) is 0 Å². The second-order valence-corrected chi connectivity index (χ2v) is 11.9. The predicted octanol–water partition coefficient (Wildman–Crippen LogP) is 7.21. The number of alkyl halides is 6. The van der Waals surface area contributed by atoms with Gasteiger partial charge in [-0.1, -0.05) is 30.3 Å². The molecule has 0 spiro atoms. The molecule has 50 heavy (non-hydrogen) atoms. The van der Waals surface area contributed by atoms with E-state index in [2.05, 4.69) is 40.5 Å². The molecule has 0 unspecified atom stereocenters. The molecular weight excluding hydrogens is 676 g/mol. The van der Waals surface area contributed by atoms with Gasteiger partial charge in [-0.15, -0.1) is 0 Å². The summed E-state index contributed by atoms with van der Waals surface area (Å²) >= 11 is 0. The molecule has 0 radical (unpaired) electrons. The van der Waals surface area contributed by atoms with E-state index in [-0.39, 0.29) is 59.4 Å². The van der Waals surface area contributed by atoms with Crippen molar-refractivity contribution in [1.82, 2.24) is 39.0 Å². The van der Waals surface area contributed by atoms with Gasteiger partial charge < -0.3 is 19.8 Å². The zero-order valence-corrected chi connectivity index (χ0v) is 25.8. The molecule has 260 valence electrons. The molecule has 4 aromatic heterocycles. The number of benzene rings is 2. The molecule has 0 amide bonds. The summed E-state index contributed by atoms with van der Waals surface area (Å²) in [6, 6.07) is 12.0. The van der Waals surface area contributed by atoms with E-state index in [4.69, 9.17) is 0 Å². The lowest BCUT2D eigenvalue weighted by Gasteiger charge is -2.11. The van der Waals surface area contributed by atoms with E-state index in [0.717, 1.165) is 31.2 Å². The summed E-state index contributed by atoms with van der Waals surface area (Å²) in [5.41, 5.74) is 1.72. The summed E-state index contributed by atoms with van der Waals surface area (Å²) < 4.78 is 109. The Morgan fingerprint density at radius 2 is 1.10 bits per heavy atom. The summed E-state index contributed by atoms with van der Waals surface area (Å²) in [5, 5.41) is 5.94. The first-order valence-electron chi connectivity index (χ1n) is 15.4. The molecule has 0 atom stereocenters. The van der Waals surface area contributed by atoms with Crippen molar-refractivity contribution in [3.05, 3.63) is 95.6 Å². The van der Waals surface area contributed by atoms with Gasteiger partial charge in [-0.25, -0.2) is 38.7 Å². The summed E-state index contributed by atoms with van der Waals surface area (Å²) in [7, 11) is 0. The molecule has 4 heterocycles. The lowest BCUT2D eigenvalue weighted by Crippen LogP contribution is -2.15. The highest BCUT2D eigenvalue weighted by Gasteiger charge is 2.38. The van der Waals surface area contributed by atoms with Crippen molar-refractivity contribution in [1.29, 1.82) is 0 Å². The molecule has 2 N–H and O–H groups in total. The fraction of sp³-hybridized carbons (Fsp3) is 0.312. The molecule has 0 saturated heterocycles. The highest BCUT2D eigenvalue weighted by atomic mass is 19.4. The number of hydrogen-bond donors (Lipinski definition) is 2. The Bertz CT molecular complexity index is 2150. The number of anilines is 2. The minimum atomic E-state index is -4.68. The van der Waals surface area contributed by atoms with Gasteiger partial charge in [-0.2, -0.15) is 26.3 Å². The zero-order valence-electron chi connectivity index (χ0n) is 25.8. The number of fused-ring (bicyclic) bond motifs is 2. The SMILES string of the molecule is Fc1ccc(Cn2cnc3c(NC4CC4)nc(C(F)(F)F)nc32)cc1.Fc1ccccc1Cn1cnc2c(NC3CC3)nc(C(F)(F)F)nc21. The van der Waals surface area contributed by atoms with Gasteiger partial charge in [0.25, 0.3) is 0 Å². The Morgan fingerprint density at radius 1 is 0.620 bits per heavy atom. The van der Waals surface area contributed by atoms with Crippen LogP contribution in [0.1, 0.15) is 48.5 Å². The predicted molar refractivity (Wildman–Crippen MR) is 165 cm³/mol. The first kappa shape index (κ1) is 33.1. The van der Waals surface area contributed by atoms with Crippen molar-refractivity contribution >= 4 is 34.0 Å². The van der Waals surface area contributed by atoms with Crippen LogP contribution in [0.4, 0.5) is 46.8 Å². The number of nitrogens with zero attached hydrogens (tertiary/aromatic N) is 8. The van der Waals surface area contributed by atoms with E-state index in [0.29, 0.717) is 11.1 Å². The molecule has 2 fully saturated rings. The fourth-order valence-electron chi connectivity index (χ4n) is 5.01. The number of rotatable bonds is 8. The number of aromatic nitrogens is 8. The van der Waals surface area contributed by atoms with E-state index in [1.807, 2.05) is 0 Å².